The van der Waals surface area contributed by atoms with Crippen molar-refractivity contribution in [2.24, 2.45) is 0 Å². The minimum atomic E-state index is -2.55. The quantitative estimate of drug-likeness (QED) is 0.761. The highest BCUT2D eigenvalue weighted by atomic mass is 19.3. The van der Waals surface area contributed by atoms with Crippen LogP contribution in [0.1, 0.15) is 5.56 Å². The van der Waals surface area contributed by atoms with Gasteiger partial charge in [-0.2, -0.15) is 4.98 Å². The number of rotatable bonds is 4. The standard InChI is InChI=1S/C8H10F2N2O2/c9-6(10)4-14-7-2-1-5(3-13)8(11)12-7/h1-2,6,13H,3-4H2,(H2,11,12). The van der Waals surface area contributed by atoms with E-state index < -0.39 is 13.0 Å². The second-order valence-corrected chi connectivity index (χ2v) is 2.55. The first-order valence-electron chi connectivity index (χ1n) is 3.90. The van der Waals surface area contributed by atoms with Crippen molar-refractivity contribution in [2.45, 2.75) is 13.0 Å². The molecule has 0 radical (unpaired) electrons. The molecule has 0 bridgehead atoms. The number of aliphatic hydroxyl groups is 1. The Hall–Kier alpha value is -1.43. The lowest BCUT2D eigenvalue weighted by molar-refractivity contribution is 0.0796. The van der Waals surface area contributed by atoms with Gasteiger partial charge in [0.1, 0.15) is 5.82 Å². The molecule has 0 aromatic carbocycles. The van der Waals surface area contributed by atoms with Gasteiger partial charge in [-0.15, -0.1) is 0 Å². The van der Waals surface area contributed by atoms with Crippen LogP contribution in [-0.4, -0.2) is 23.1 Å². The highest BCUT2D eigenvalue weighted by molar-refractivity contribution is 5.41. The molecular formula is C8H10F2N2O2. The third-order valence-corrected chi connectivity index (χ3v) is 1.51. The third-order valence-electron chi connectivity index (χ3n) is 1.51. The summed E-state index contributed by atoms with van der Waals surface area (Å²) in [5, 5.41) is 8.75. The Morgan fingerprint density at radius 1 is 1.50 bits per heavy atom. The Bertz CT molecular complexity index is 307. The lowest BCUT2D eigenvalue weighted by atomic mass is 10.3. The molecule has 1 rings (SSSR count). The van der Waals surface area contributed by atoms with Gasteiger partial charge < -0.3 is 15.6 Å². The van der Waals surface area contributed by atoms with E-state index in [2.05, 4.69) is 9.72 Å². The molecule has 0 saturated heterocycles. The molecule has 6 heteroatoms. The van der Waals surface area contributed by atoms with Gasteiger partial charge in [-0.1, -0.05) is 0 Å². The highest BCUT2D eigenvalue weighted by Crippen LogP contribution is 2.15. The molecule has 0 aliphatic rings. The van der Waals surface area contributed by atoms with Crippen LogP contribution in [0.5, 0.6) is 5.88 Å². The van der Waals surface area contributed by atoms with Crippen molar-refractivity contribution in [2.75, 3.05) is 12.3 Å². The summed E-state index contributed by atoms with van der Waals surface area (Å²) in [6.07, 6.45) is -2.55. The Kier molecular flexibility index (Phi) is 3.58. The van der Waals surface area contributed by atoms with E-state index in [9.17, 15) is 8.78 Å². The van der Waals surface area contributed by atoms with Crippen LogP contribution in [0.15, 0.2) is 12.1 Å². The van der Waals surface area contributed by atoms with Gasteiger partial charge in [-0.05, 0) is 6.07 Å². The first-order valence-corrected chi connectivity index (χ1v) is 3.90. The number of nitrogens with two attached hydrogens (primary N) is 1. The lowest BCUT2D eigenvalue weighted by Crippen LogP contribution is -2.09. The summed E-state index contributed by atoms with van der Waals surface area (Å²) in [5.74, 6) is 0.110. The number of hydrogen-bond acceptors (Lipinski definition) is 4. The summed E-state index contributed by atoms with van der Waals surface area (Å²) in [7, 11) is 0. The van der Waals surface area contributed by atoms with Crippen molar-refractivity contribution in [1.29, 1.82) is 0 Å². The van der Waals surface area contributed by atoms with Crippen LogP contribution < -0.4 is 10.5 Å². The van der Waals surface area contributed by atoms with Crippen LogP contribution in [0, 0.1) is 0 Å². The average molecular weight is 204 g/mol. The Morgan fingerprint density at radius 3 is 2.71 bits per heavy atom. The van der Waals surface area contributed by atoms with Gasteiger partial charge in [0.15, 0.2) is 6.61 Å². The van der Waals surface area contributed by atoms with Gasteiger partial charge >= 0.3 is 0 Å². The SMILES string of the molecule is Nc1nc(OCC(F)F)ccc1CO. The van der Waals surface area contributed by atoms with Crippen LogP contribution >= 0.6 is 0 Å². The number of anilines is 1. The normalized spacial score (nSPS) is 10.6. The van der Waals surface area contributed by atoms with Crippen LogP contribution in [0.4, 0.5) is 14.6 Å². The molecule has 0 aliphatic carbocycles. The van der Waals surface area contributed by atoms with Crippen LogP contribution in [0.3, 0.4) is 0 Å². The van der Waals surface area contributed by atoms with Gasteiger partial charge in [0, 0.05) is 11.6 Å². The minimum absolute atomic E-state index is 0.0278. The summed E-state index contributed by atoms with van der Waals surface area (Å²) in [5.41, 5.74) is 5.84. The van der Waals surface area contributed by atoms with E-state index in [0.29, 0.717) is 5.56 Å². The molecule has 3 N–H and O–H groups in total. The second kappa shape index (κ2) is 4.71. The van der Waals surface area contributed by atoms with Gasteiger partial charge in [0.2, 0.25) is 5.88 Å². The molecular weight excluding hydrogens is 194 g/mol. The number of aromatic nitrogens is 1. The number of nitrogens with zero attached hydrogens (tertiary/aromatic N) is 1. The average Bonchev–Trinajstić information content (AvgIpc) is 2.15. The van der Waals surface area contributed by atoms with Crippen molar-refractivity contribution in [3.05, 3.63) is 17.7 Å². The van der Waals surface area contributed by atoms with Crippen LogP contribution in [0.2, 0.25) is 0 Å². The lowest BCUT2D eigenvalue weighted by Gasteiger charge is -2.06. The number of aliphatic hydroxyl groups excluding tert-OH is 1. The Balaban J connectivity index is 2.66. The summed E-state index contributed by atoms with van der Waals surface area (Å²) in [4.78, 5) is 3.68. The highest BCUT2D eigenvalue weighted by Gasteiger charge is 2.06. The van der Waals surface area contributed by atoms with E-state index in [1.807, 2.05) is 0 Å². The van der Waals surface area contributed by atoms with Gasteiger partial charge in [0.05, 0.1) is 6.61 Å². The van der Waals surface area contributed by atoms with Gasteiger partial charge in [-0.25, -0.2) is 8.78 Å². The maximum absolute atomic E-state index is 11.7. The number of pyridine rings is 1. The number of hydrogen-bond donors (Lipinski definition) is 2. The zero-order chi connectivity index (χ0) is 10.6. The molecule has 1 aromatic rings. The molecule has 1 aromatic heterocycles. The van der Waals surface area contributed by atoms with E-state index in [-0.39, 0.29) is 18.3 Å². The summed E-state index contributed by atoms with van der Waals surface area (Å²) < 4.78 is 28.1. The molecule has 0 spiro atoms. The molecule has 0 amide bonds. The van der Waals surface area contributed by atoms with E-state index in [4.69, 9.17) is 10.8 Å². The van der Waals surface area contributed by atoms with Crippen molar-refractivity contribution in [3.63, 3.8) is 0 Å². The Morgan fingerprint density at radius 2 is 2.21 bits per heavy atom. The predicted octanol–water partition coefficient (Wildman–Crippen LogP) is 0.800. The minimum Gasteiger partial charge on any atom is -0.472 e. The third kappa shape index (κ3) is 2.81. The summed E-state index contributed by atoms with van der Waals surface area (Å²) in [6, 6.07) is 2.85. The molecule has 0 aliphatic heterocycles. The number of alkyl halides is 2. The van der Waals surface area contributed by atoms with E-state index >= 15 is 0 Å². The van der Waals surface area contributed by atoms with Crippen LogP contribution in [0.25, 0.3) is 0 Å². The topological polar surface area (TPSA) is 68.4 Å². The molecule has 78 valence electrons. The molecule has 0 fully saturated rings. The summed E-state index contributed by atoms with van der Waals surface area (Å²) >= 11 is 0. The molecule has 0 saturated carbocycles. The largest absolute Gasteiger partial charge is 0.472 e. The predicted molar refractivity (Wildman–Crippen MR) is 46.1 cm³/mol. The number of halogens is 2. The van der Waals surface area contributed by atoms with Gasteiger partial charge in [-0.3, -0.25) is 0 Å². The Labute approximate surface area is 79.3 Å². The number of nitrogen functional groups attached to an aromatic ring is 1. The zero-order valence-electron chi connectivity index (χ0n) is 7.28. The fraction of sp³-hybridized carbons (Fsp3) is 0.375. The summed E-state index contributed by atoms with van der Waals surface area (Å²) in [6.45, 7) is -0.959. The second-order valence-electron chi connectivity index (χ2n) is 2.55. The number of ether oxygens (including phenoxy) is 1. The van der Waals surface area contributed by atoms with Crippen molar-refractivity contribution in [1.82, 2.24) is 4.98 Å². The fourth-order valence-corrected chi connectivity index (χ4v) is 0.848. The maximum atomic E-state index is 11.7. The fourth-order valence-electron chi connectivity index (χ4n) is 0.848. The molecule has 4 nitrogen and oxygen atoms in total. The smallest absolute Gasteiger partial charge is 0.272 e. The maximum Gasteiger partial charge on any atom is 0.272 e. The first kappa shape index (κ1) is 10.6. The van der Waals surface area contributed by atoms with Gasteiger partial charge in [0.25, 0.3) is 6.43 Å². The molecule has 0 atom stereocenters. The van der Waals surface area contributed by atoms with Crippen molar-refractivity contribution in [3.8, 4) is 5.88 Å². The van der Waals surface area contributed by atoms with E-state index in [1.165, 1.54) is 12.1 Å². The molecule has 1 heterocycles. The van der Waals surface area contributed by atoms with E-state index in [0.717, 1.165) is 0 Å². The van der Waals surface area contributed by atoms with Crippen LogP contribution in [-0.2, 0) is 6.61 Å². The van der Waals surface area contributed by atoms with Crippen molar-refractivity contribution < 1.29 is 18.6 Å². The van der Waals surface area contributed by atoms with Crippen molar-refractivity contribution >= 4 is 5.82 Å². The molecule has 0 unspecified atom stereocenters. The monoisotopic (exact) mass is 204 g/mol. The molecule has 14 heavy (non-hydrogen) atoms. The first-order chi connectivity index (χ1) is 6.63. The zero-order valence-corrected chi connectivity index (χ0v) is 7.28. The van der Waals surface area contributed by atoms with E-state index in [1.54, 1.807) is 0 Å².